The largest absolute Gasteiger partial charge is 0.325 e. The van der Waals surface area contributed by atoms with Crippen LogP contribution in [-0.4, -0.2) is 37.6 Å². The van der Waals surface area contributed by atoms with E-state index in [1.807, 2.05) is 37.3 Å². The van der Waals surface area contributed by atoms with Gasteiger partial charge in [0, 0.05) is 11.0 Å². The second kappa shape index (κ2) is 8.67. The highest BCUT2D eigenvalue weighted by atomic mass is 79.9. The number of carbonyl (C=O) groups is 2. The van der Waals surface area contributed by atoms with E-state index in [0.717, 1.165) is 22.2 Å². The molecule has 1 N–H and O–H groups in total. The summed E-state index contributed by atoms with van der Waals surface area (Å²) in [6.07, 6.45) is 2.09. The van der Waals surface area contributed by atoms with Crippen LogP contribution in [0.15, 0.2) is 64.0 Å². The van der Waals surface area contributed by atoms with Gasteiger partial charge in [0.1, 0.15) is 5.54 Å². The molecule has 8 heteroatoms. The van der Waals surface area contributed by atoms with E-state index >= 15 is 0 Å². The lowest BCUT2D eigenvalue weighted by Gasteiger charge is -2.27. The Hall–Kier alpha value is -2.19. The summed E-state index contributed by atoms with van der Waals surface area (Å²) in [6, 6.07) is 14.9. The van der Waals surface area contributed by atoms with Crippen molar-refractivity contribution < 1.29 is 18.0 Å². The molecule has 6 nitrogen and oxygen atoms in total. The number of rotatable bonds is 8. The number of nitrogens with zero attached hydrogens (tertiary/aromatic N) is 1. The molecule has 2 aromatic carbocycles. The van der Waals surface area contributed by atoms with E-state index in [1.54, 1.807) is 12.1 Å². The molecular weight excluding hydrogens is 456 g/mol. The summed E-state index contributed by atoms with van der Waals surface area (Å²) in [6.45, 7) is 1.83. The lowest BCUT2D eigenvalue weighted by atomic mass is 9.85. The monoisotopic (exact) mass is 478 g/mol. The molecule has 29 heavy (non-hydrogen) atoms. The highest BCUT2D eigenvalue weighted by Gasteiger charge is 2.51. The lowest BCUT2D eigenvalue weighted by Crippen LogP contribution is -2.44. The SMILES string of the molecule is CCCCC1(c2ccccc2)NC(=O)N(CCS(=O)(=O)c2ccc(Br)cc2)C1=O. The van der Waals surface area contributed by atoms with Crippen molar-refractivity contribution in [1.82, 2.24) is 10.2 Å². The van der Waals surface area contributed by atoms with Crippen molar-refractivity contribution >= 4 is 37.7 Å². The van der Waals surface area contributed by atoms with Gasteiger partial charge in [0.15, 0.2) is 9.84 Å². The van der Waals surface area contributed by atoms with Crippen LogP contribution in [0.25, 0.3) is 0 Å². The fraction of sp³-hybridized carbons (Fsp3) is 0.333. The van der Waals surface area contributed by atoms with Crippen LogP contribution in [0.5, 0.6) is 0 Å². The minimum Gasteiger partial charge on any atom is -0.319 e. The Bertz CT molecular complexity index is 993. The van der Waals surface area contributed by atoms with Crippen LogP contribution in [0, 0.1) is 0 Å². The van der Waals surface area contributed by atoms with Crippen LogP contribution in [0.3, 0.4) is 0 Å². The first kappa shape index (κ1) is 21.5. The molecular formula is C21H23BrN2O4S. The van der Waals surface area contributed by atoms with Crippen molar-refractivity contribution in [1.29, 1.82) is 0 Å². The molecule has 1 saturated heterocycles. The van der Waals surface area contributed by atoms with Crippen LogP contribution < -0.4 is 5.32 Å². The zero-order valence-electron chi connectivity index (χ0n) is 16.1. The number of benzene rings is 2. The summed E-state index contributed by atoms with van der Waals surface area (Å²) in [5.74, 6) is -0.722. The molecule has 0 aliphatic carbocycles. The van der Waals surface area contributed by atoms with Crippen molar-refractivity contribution in [3.63, 3.8) is 0 Å². The van der Waals surface area contributed by atoms with E-state index in [2.05, 4.69) is 21.2 Å². The smallest absolute Gasteiger partial charge is 0.319 e. The van der Waals surface area contributed by atoms with E-state index in [-0.39, 0.29) is 17.2 Å². The van der Waals surface area contributed by atoms with Gasteiger partial charge in [-0.2, -0.15) is 0 Å². The average molecular weight is 479 g/mol. The standard InChI is InChI=1S/C21H23BrN2O4S/c1-2-3-13-21(16-7-5-4-6-8-16)19(25)24(20(26)23-21)14-15-29(27,28)18-11-9-17(22)10-12-18/h4-12H,2-3,13-15H2,1H3,(H,23,26). The Morgan fingerprint density at radius 1 is 1.03 bits per heavy atom. The van der Waals surface area contributed by atoms with E-state index in [9.17, 15) is 18.0 Å². The Labute approximate surface area is 179 Å². The molecule has 0 radical (unpaired) electrons. The molecule has 1 unspecified atom stereocenters. The minimum atomic E-state index is -3.62. The average Bonchev–Trinajstić information content (AvgIpc) is 2.96. The van der Waals surface area contributed by atoms with Gasteiger partial charge in [-0.05, 0) is 36.2 Å². The Morgan fingerprint density at radius 3 is 2.31 bits per heavy atom. The maximum absolute atomic E-state index is 13.3. The molecule has 0 aromatic heterocycles. The maximum atomic E-state index is 13.3. The van der Waals surface area contributed by atoms with Gasteiger partial charge < -0.3 is 5.32 Å². The van der Waals surface area contributed by atoms with Crippen molar-refractivity contribution in [3.05, 3.63) is 64.6 Å². The van der Waals surface area contributed by atoms with Gasteiger partial charge in [-0.25, -0.2) is 13.2 Å². The van der Waals surface area contributed by atoms with Crippen LogP contribution in [-0.2, 0) is 20.2 Å². The Morgan fingerprint density at radius 2 is 1.69 bits per heavy atom. The van der Waals surface area contributed by atoms with Crippen molar-refractivity contribution in [2.45, 2.75) is 36.6 Å². The molecule has 1 atom stereocenters. The van der Waals surface area contributed by atoms with Gasteiger partial charge >= 0.3 is 6.03 Å². The van der Waals surface area contributed by atoms with Crippen molar-refractivity contribution in [2.75, 3.05) is 12.3 Å². The first-order valence-electron chi connectivity index (χ1n) is 9.48. The Kier molecular flexibility index (Phi) is 6.43. The molecule has 0 saturated carbocycles. The highest BCUT2D eigenvalue weighted by Crippen LogP contribution is 2.34. The number of carbonyl (C=O) groups excluding carboxylic acids is 2. The molecule has 3 amide bonds. The second-order valence-electron chi connectivity index (χ2n) is 7.03. The summed E-state index contributed by atoms with van der Waals surface area (Å²) in [5, 5.41) is 2.84. The summed E-state index contributed by atoms with van der Waals surface area (Å²) in [4.78, 5) is 27.1. The highest BCUT2D eigenvalue weighted by molar-refractivity contribution is 9.10. The van der Waals surface area contributed by atoms with Crippen LogP contribution in [0.4, 0.5) is 4.79 Å². The van der Waals surface area contributed by atoms with Crippen LogP contribution >= 0.6 is 15.9 Å². The van der Waals surface area contributed by atoms with Gasteiger partial charge in [-0.15, -0.1) is 0 Å². The molecule has 1 aliphatic rings. The summed E-state index contributed by atoms with van der Waals surface area (Å²) in [5.41, 5.74) is -0.430. The second-order valence-corrected chi connectivity index (χ2v) is 10.1. The van der Waals surface area contributed by atoms with Gasteiger partial charge in [0.2, 0.25) is 0 Å². The summed E-state index contributed by atoms with van der Waals surface area (Å²) < 4.78 is 26.0. The summed E-state index contributed by atoms with van der Waals surface area (Å²) >= 11 is 3.28. The zero-order valence-corrected chi connectivity index (χ0v) is 18.5. The molecule has 1 fully saturated rings. The van der Waals surface area contributed by atoms with Crippen molar-refractivity contribution in [2.24, 2.45) is 0 Å². The first-order chi connectivity index (χ1) is 13.8. The lowest BCUT2D eigenvalue weighted by molar-refractivity contribution is -0.131. The molecule has 0 bridgehead atoms. The quantitative estimate of drug-likeness (QED) is 0.583. The topological polar surface area (TPSA) is 83.6 Å². The van der Waals surface area contributed by atoms with E-state index in [1.165, 1.54) is 12.1 Å². The third-order valence-electron chi connectivity index (χ3n) is 5.10. The number of sulfone groups is 1. The fourth-order valence-corrected chi connectivity index (χ4v) is 4.95. The van der Waals surface area contributed by atoms with Crippen molar-refractivity contribution in [3.8, 4) is 0 Å². The first-order valence-corrected chi connectivity index (χ1v) is 11.9. The van der Waals surface area contributed by atoms with E-state index < -0.39 is 27.3 Å². The summed E-state index contributed by atoms with van der Waals surface area (Å²) in [7, 11) is -3.62. The van der Waals surface area contributed by atoms with E-state index in [4.69, 9.17) is 0 Å². The Balaban J connectivity index is 1.83. The molecule has 0 spiro atoms. The fourth-order valence-electron chi connectivity index (χ4n) is 3.47. The number of amides is 3. The number of hydrogen-bond donors (Lipinski definition) is 1. The molecule has 2 aromatic rings. The van der Waals surface area contributed by atoms with Gasteiger partial charge in [0.25, 0.3) is 5.91 Å². The molecule has 1 heterocycles. The van der Waals surface area contributed by atoms with E-state index in [0.29, 0.717) is 12.0 Å². The number of urea groups is 1. The molecule has 1 aliphatic heterocycles. The van der Waals surface area contributed by atoms with Crippen LogP contribution in [0.2, 0.25) is 0 Å². The molecule has 154 valence electrons. The number of unbranched alkanes of at least 4 members (excludes halogenated alkanes) is 1. The number of hydrogen-bond acceptors (Lipinski definition) is 4. The number of imide groups is 1. The predicted octanol–water partition coefficient (Wildman–Crippen LogP) is 3.86. The number of nitrogens with one attached hydrogen (secondary N) is 1. The third-order valence-corrected chi connectivity index (χ3v) is 7.34. The predicted molar refractivity (Wildman–Crippen MR) is 114 cm³/mol. The minimum absolute atomic E-state index is 0.160. The van der Waals surface area contributed by atoms with Gasteiger partial charge in [-0.3, -0.25) is 9.69 Å². The molecule has 3 rings (SSSR count). The zero-order chi connectivity index (χ0) is 21.1. The normalized spacial score (nSPS) is 19.4. The van der Waals surface area contributed by atoms with Gasteiger partial charge in [-0.1, -0.05) is 66.0 Å². The van der Waals surface area contributed by atoms with Crippen LogP contribution in [0.1, 0.15) is 31.7 Å². The third kappa shape index (κ3) is 4.38. The maximum Gasteiger partial charge on any atom is 0.325 e. The van der Waals surface area contributed by atoms with Gasteiger partial charge in [0.05, 0.1) is 10.6 Å². The number of halogens is 1.